The molecular weight excluding hydrogens is 314 g/mol. The van der Waals surface area contributed by atoms with Gasteiger partial charge in [0.05, 0.1) is 5.69 Å². The van der Waals surface area contributed by atoms with Crippen molar-refractivity contribution >= 4 is 31.9 Å². The predicted octanol–water partition coefficient (Wildman–Crippen LogP) is 0.603. The van der Waals surface area contributed by atoms with E-state index < -0.39 is 21.7 Å². The van der Waals surface area contributed by atoms with Crippen LogP contribution in [0.3, 0.4) is 0 Å². The van der Waals surface area contributed by atoms with E-state index in [1.54, 1.807) is 0 Å². The van der Waals surface area contributed by atoms with Crippen molar-refractivity contribution in [2.45, 2.75) is 11.8 Å². The Bertz CT molecular complexity index is 563. The fourth-order valence-electron chi connectivity index (χ4n) is 1.14. The van der Waals surface area contributed by atoms with Crippen LogP contribution in [0.25, 0.3) is 0 Å². The van der Waals surface area contributed by atoms with Gasteiger partial charge in [-0.3, -0.25) is 5.10 Å². The Balaban J connectivity index is 3.19. The zero-order valence-corrected chi connectivity index (χ0v) is 11.2. The maximum atomic E-state index is 11.8. The molecule has 0 saturated heterocycles. The van der Waals surface area contributed by atoms with E-state index in [0.29, 0.717) is 4.48 Å². The van der Waals surface area contributed by atoms with Crippen LogP contribution in [0.4, 0.5) is 0 Å². The molecule has 17 heavy (non-hydrogen) atoms. The molecule has 0 unspecified atom stereocenters. The Morgan fingerprint density at radius 2 is 2.24 bits per heavy atom. The van der Waals surface area contributed by atoms with Gasteiger partial charge in [-0.05, 0) is 6.92 Å². The van der Waals surface area contributed by atoms with E-state index >= 15 is 0 Å². The maximum absolute atomic E-state index is 11.8. The Morgan fingerprint density at radius 1 is 1.65 bits per heavy atom. The molecule has 1 rings (SSSR count). The minimum atomic E-state index is -3.93. The van der Waals surface area contributed by atoms with Gasteiger partial charge in [0, 0.05) is 11.0 Å². The fourth-order valence-corrected chi connectivity index (χ4v) is 2.81. The predicted molar refractivity (Wildman–Crippen MR) is 63.5 cm³/mol. The minimum absolute atomic E-state index is 0.0357. The van der Waals surface area contributed by atoms with Gasteiger partial charge in [0.1, 0.15) is 4.90 Å². The molecule has 1 aromatic rings. The van der Waals surface area contributed by atoms with E-state index in [9.17, 15) is 13.2 Å². The minimum Gasteiger partial charge on any atom is -0.476 e. The first-order valence-corrected chi connectivity index (χ1v) is 6.64. The van der Waals surface area contributed by atoms with Gasteiger partial charge in [-0.25, -0.2) is 17.9 Å². The molecule has 9 heteroatoms. The van der Waals surface area contributed by atoms with Crippen molar-refractivity contribution in [1.82, 2.24) is 14.9 Å². The maximum Gasteiger partial charge on any atom is 0.357 e. The van der Waals surface area contributed by atoms with Gasteiger partial charge in [-0.2, -0.15) is 5.10 Å². The third-order valence-electron chi connectivity index (χ3n) is 1.82. The third kappa shape index (κ3) is 3.14. The second-order valence-corrected chi connectivity index (χ2v) is 6.00. The molecule has 0 atom stereocenters. The van der Waals surface area contributed by atoms with E-state index in [1.165, 1.54) is 6.92 Å². The lowest BCUT2D eigenvalue weighted by Crippen LogP contribution is -2.26. The van der Waals surface area contributed by atoms with Crippen LogP contribution in [0.15, 0.2) is 16.0 Å². The standard InChI is InChI=1S/C8H10BrN3O4S/c1-4(9)3-10-17(15,16)7-5(2)11-12-6(7)8(13)14/h10H,1,3H2,2H3,(H,11,12)(H,13,14). The Morgan fingerprint density at radius 3 is 2.71 bits per heavy atom. The van der Waals surface area contributed by atoms with Crippen molar-refractivity contribution in [3.05, 3.63) is 22.4 Å². The quantitative estimate of drug-likeness (QED) is 0.734. The lowest BCUT2D eigenvalue weighted by atomic mass is 10.4. The van der Waals surface area contributed by atoms with Crippen molar-refractivity contribution in [3.63, 3.8) is 0 Å². The molecule has 0 fully saturated rings. The number of H-pyrrole nitrogens is 1. The number of carboxylic acid groups (broad SMARTS) is 1. The normalized spacial score (nSPS) is 11.4. The molecule has 1 heterocycles. The molecule has 94 valence electrons. The molecule has 0 aliphatic carbocycles. The first kappa shape index (κ1) is 13.9. The van der Waals surface area contributed by atoms with E-state index in [2.05, 4.69) is 37.4 Å². The molecule has 0 aliphatic heterocycles. The summed E-state index contributed by atoms with van der Waals surface area (Å²) in [5.41, 5.74) is -0.370. The summed E-state index contributed by atoms with van der Waals surface area (Å²) in [6.45, 7) is 4.86. The molecule has 7 nitrogen and oxygen atoms in total. The van der Waals surface area contributed by atoms with E-state index in [-0.39, 0.29) is 17.1 Å². The van der Waals surface area contributed by atoms with Gasteiger partial charge < -0.3 is 5.11 Å². The smallest absolute Gasteiger partial charge is 0.357 e. The third-order valence-corrected chi connectivity index (χ3v) is 3.66. The Labute approximate surface area is 106 Å². The van der Waals surface area contributed by atoms with Crippen LogP contribution in [0.2, 0.25) is 0 Å². The first-order valence-electron chi connectivity index (χ1n) is 4.37. The van der Waals surface area contributed by atoms with Gasteiger partial charge >= 0.3 is 5.97 Å². The summed E-state index contributed by atoms with van der Waals surface area (Å²) >= 11 is 3.00. The molecule has 3 N–H and O–H groups in total. The van der Waals surface area contributed by atoms with Crippen LogP contribution in [0.5, 0.6) is 0 Å². The lowest BCUT2D eigenvalue weighted by Gasteiger charge is -2.05. The summed E-state index contributed by atoms with van der Waals surface area (Å²) in [5, 5.41) is 14.6. The number of nitrogens with zero attached hydrogens (tertiary/aromatic N) is 1. The average molecular weight is 324 g/mol. The molecule has 0 saturated carbocycles. The summed E-state index contributed by atoms with van der Waals surface area (Å²) in [4.78, 5) is 10.5. The van der Waals surface area contributed by atoms with Crippen LogP contribution < -0.4 is 4.72 Å². The molecule has 0 spiro atoms. The van der Waals surface area contributed by atoms with E-state index in [1.807, 2.05) is 0 Å². The SMILES string of the molecule is C=C(Br)CNS(=O)(=O)c1c(C(=O)O)n[nH]c1C. The van der Waals surface area contributed by atoms with Crippen LogP contribution in [-0.4, -0.2) is 36.2 Å². The zero-order chi connectivity index (χ0) is 13.2. The number of carbonyl (C=O) groups is 1. The van der Waals surface area contributed by atoms with Crippen LogP contribution in [-0.2, 0) is 10.0 Å². The number of sulfonamides is 1. The number of aromatic carboxylic acids is 1. The number of aromatic nitrogens is 2. The van der Waals surface area contributed by atoms with Gasteiger partial charge in [0.2, 0.25) is 10.0 Å². The van der Waals surface area contributed by atoms with Crippen molar-refractivity contribution in [2.75, 3.05) is 6.54 Å². The lowest BCUT2D eigenvalue weighted by molar-refractivity contribution is 0.0686. The molecule has 0 radical (unpaired) electrons. The average Bonchev–Trinajstić information content (AvgIpc) is 2.58. The largest absolute Gasteiger partial charge is 0.476 e. The highest BCUT2D eigenvalue weighted by atomic mass is 79.9. The molecule has 0 aliphatic rings. The Hall–Kier alpha value is -1.19. The number of aromatic amines is 1. The number of carboxylic acids is 1. The number of aryl methyl sites for hydroxylation is 1. The Kier molecular flexibility index (Phi) is 4.07. The topological polar surface area (TPSA) is 112 Å². The summed E-state index contributed by atoms with van der Waals surface area (Å²) < 4.78 is 26.3. The summed E-state index contributed by atoms with van der Waals surface area (Å²) in [6.07, 6.45) is 0. The summed E-state index contributed by atoms with van der Waals surface area (Å²) in [5.74, 6) is -1.41. The van der Waals surface area contributed by atoms with Crippen molar-refractivity contribution < 1.29 is 18.3 Å². The number of hydrogen-bond acceptors (Lipinski definition) is 4. The summed E-state index contributed by atoms with van der Waals surface area (Å²) in [6, 6.07) is 0. The highest BCUT2D eigenvalue weighted by Crippen LogP contribution is 2.17. The molecule has 0 bridgehead atoms. The summed E-state index contributed by atoms with van der Waals surface area (Å²) in [7, 11) is -3.93. The van der Waals surface area contributed by atoms with E-state index in [0.717, 1.165) is 0 Å². The van der Waals surface area contributed by atoms with Gasteiger partial charge in [0.25, 0.3) is 0 Å². The van der Waals surface area contributed by atoms with Crippen LogP contribution >= 0.6 is 15.9 Å². The van der Waals surface area contributed by atoms with Crippen molar-refractivity contribution in [3.8, 4) is 0 Å². The second-order valence-electron chi connectivity index (χ2n) is 3.17. The highest BCUT2D eigenvalue weighted by Gasteiger charge is 2.27. The van der Waals surface area contributed by atoms with Crippen LogP contribution in [0.1, 0.15) is 16.2 Å². The number of hydrogen-bond donors (Lipinski definition) is 3. The molecule has 0 amide bonds. The zero-order valence-electron chi connectivity index (χ0n) is 8.82. The number of rotatable bonds is 5. The van der Waals surface area contributed by atoms with Gasteiger partial charge in [0.15, 0.2) is 5.69 Å². The van der Waals surface area contributed by atoms with E-state index in [4.69, 9.17) is 5.11 Å². The van der Waals surface area contributed by atoms with Crippen molar-refractivity contribution in [1.29, 1.82) is 0 Å². The molecular formula is C8H10BrN3O4S. The molecule has 0 aromatic carbocycles. The first-order chi connectivity index (χ1) is 7.75. The van der Waals surface area contributed by atoms with Crippen molar-refractivity contribution in [2.24, 2.45) is 0 Å². The number of nitrogens with one attached hydrogen (secondary N) is 2. The highest BCUT2D eigenvalue weighted by molar-refractivity contribution is 9.11. The second kappa shape index (κ2) is 4.98. The fraction of sp³-hybridized carbons (Fsp3) is 0.250. The monoisotopic (exact) mass is 323 g/mol. The number of halogens is 1. The van der Waals surface area contributed by atoms with Gasteiger partial charge in [-0.15, -0.1) is 0 Å². The van der Waals surface area contributed by atoms with Crippen LogP contribution in [0, 0.1) is 6.92 Å². The van der Waals surface area contributed by atoms with Gasteiger partial charge in [-0.1, -0.05) is 22.5 Å². The molecule has 1 aromatic heterocycles.